The summed E-state index contributed by atoms with van der Waals surface area (Å²) in [4.78, 5) is 23.6. The Morgan fingerprint density at radius 1 is 1.17 bits per heavy atom. The summed E-state index contributed by atoms with van der Waals surface area (Å²) in [6.07, 6.45) is 2.91. The molecule has 0 aromatic heterocycles. The van der Waals surface area contributed by atoms with Crippen molar-refractivity contribution in [3.63, 3.8) is 0 Å². The Hall–Kier alpha value is -1.15. The van der Waals surface area contributed by atoms with Gasteiger partial charge in [0.05, 0.1) is 11.7 Å². The fraction of sp³-hybridized carbons (Fsp3) is 0.867. The van der Waals surface area contributed by atoms with Crippen LogP contribution >= 0.6 is 0 Å². The first-order chi connectivity index (χ1) is 10.7. The van der Waals surface area contributed by atoms with Crippen LogP contribution in [0.15, 0.2) is 0 Å². The molecule has 2 fully saturated rings. The summed E-state index contributed by atoms with van der Waals surface area (Å²) in [6.45, 7) is 4.09. The smallest absolute Gasteiger partial charge is 0.306 e. The number of sulfonamides is 1. The summed E-state index contributed by atoms with van der Waals surface area (Å²) in [6, 6.07) is -0.746. The van der Waals surface area contributed by atoms with E-state index in [0.717, 1.165) is 0 Å². The number of aliphatic carboxylic acids is 1. The normalized spacial score (nSPS) is 29.3. The number of hydrogen-bond donors (Lipinski definition) is 2. The molecule has 0 aromatic rings. The first kappa shape index (κ1) is 18.2. The summed E-state index contributed by atoms with van der Waals surface area (Å²) >= 11 is 0. The molecule has 1 saturated heterocycles. The molecule has 0 bridgehead atoms. The lowest BCUT2D eigenvalue weighted by atomic mass is 9.86. The first-order valence-corrected chi connectivity index (χ1v) is 9.86. The number of amides is 1. The molecule has 1 aliphatic heterocycles. The molecule has 8 heteroatoms. The number of carbonyl (C=O) groups is 2. The molecule has 0 radical (unpaired) electrons. The van der Waals surface area contributed by atoms with Gasteiger partial charge in [-0.25, -0.2) is 8.42 Å². The van der Waals surface area contributed by atoms with E-state index in [1.807, 2.05) is 13.8 Å². The SMILES string of the molecule is CC(C)C(C(=O)NC1CCC(C(=O)O)CC1)N1CCCS1(=O)=O. The Balaban J connectivity index is 1.99. The van der Waals surface area contributed by atoms with Crippen LogP contribution < -0.4 is 5.32 Å². The molecule has 1 amide bonds. The lowest BCUT2D eigenvalue weighted by Crippen LogP contribution is -2.53. The van der Waals surface area contributed by atoms with Crippen LogP contribution in [-0.2, 0) is 19.6 Å². The van der Waals surface area contributed by atoms with Crippen LogP contribution in [0.3, 0.4) is 0 Å². The Labute approximate surface area is 137 Å². The number of hydrogen-bond acceptors (Lipinski definition) is 4. The highest BCUT2D eigenvalue weighted by Crippen LogP contribution is 2.26. The highest BCUT2D eigenvalue weighted by Gasteiger charge is 2.40. The molecular formula is C15H26N2O5S. The van der Waals surface area contributed by atoms with Crippen molar-refractivity contribution in [3.8, 4) is 0 Å². The third kappa shape index (κ3) is 4.23. The number of rotatable bonds is 5. The maximum Gasteiger partial charge on any atom is 0.306 e. The zero-order chi connectivity index (χ0) is 17.2. The molecule has 1 heterocycles. The molecular weight excluding hydrogens is 320 g/mol. The van der Waals surface area contributed by atoms with Gasteiger partial charge in [-0.05, 0) is 38.0 Å². The molecule has 1 aliphatic carbocycles. The van der Waals surface area contributed by atoms with Gasteiger partial charge in [0.2, 0.25) is 15.9 Å². The quantitative estimate of drug-likeness (QED) is 0.766. The van der Waals surface area contributed by atoms with Crippen molar-refractivity contribution in [3.05, 3.63) is 0 Å². The van der Waals surface area contributed by atoms with Crippen molar-refractivity contribution in [2.75, 3.05) is 12.3 Å². The Morgan fingerprint density at radius 2 is 1.78 bits per heavy atom. The maximum atomic E-state index is 12.6. The van der Waals surface area contributed by atoms with Gasteiger partial charge in [-0.3, -0.25) is 9.59 Å². The first-order valence-electron chi connectivity index (χ1n) is 8.25. The molecule has 1 atom stereocenters. The van der Waals surface area contributed by atoms with Gasteiger partial charge in [-0.2, -0.15) is 4.31 Å². The van der Waals surface area contributed by atoms with E-state index in [-0.39, 0.29) is 29.5 Å². The van der Waals surface area contributed by atoms with Crippen molar-refractivity contribution < 1.29 is 23.1 Å². The van der Waals surface area contributed by atoms with E-state index in [9.17, 15) is 18.0 Å². The van der Waals surface area contributed by atoms with E-state index in [1.165, 1.54) is 4.31 Å². The summed E-state index contributed by atoms with van der Waals surface area (Å²) in [7, 11) is -3.34. The molecule has 2 N–H and O–H groups in total. The molecule has 0 aromatic carbocycles. The standard InChI is InChI=1S/C15H26N2O5S/c1-10(2)13(17-8-3-9-23(17,21)22)14(18)16-12-6-4-11(5-7-12)15(19)20/h10-13H,3-9H2,1-2H3,(H,16,18)(H,19,20). The summed E-state index contributed by atoms with van der Waals surface area (Å²) in [5, 5.41) is 11.9. The zero-order valence-electron chi connectivity index (χ0n) is 13.7. The molecule has 1 unspecified atom stereocenters. The van der Waals surface area contributed by atoms with Gasteiger partial charge >= 0.3 is 5.97 Å². The summed E-state index contributed by atoms with van der Waals surface area (Å²) < 4.78 is 25.5. The van der Waals surface area contributed by atoms with Gasteiger partial charge < -0.3 is 10.4 Å². The molecule has 2 aliphatic rings. The average Bonchev–Trinajstić information content (AvgIpc) is 2.79. The van der Waals surface area contributed by atoms with Crippen molar-refractivity contribution in [2.24, 2.45) is 11.8 Å². The molecule has 23 heavy (non-hydrogen) atoms. The summed E-state index contributed by atoms with van der Waals surface area (Å²) in [5.74, 6) is -1.38. The van der Waals surface area contributed by atoms with Crippen molar-refractivity contribution in [1.82, 2.24) is 9.62 Å². The number of carboxylic acids is 1. The van der Waals surface area contributed by atoms with Crippen molar-refractivity contribution in [1.29, 1.82) is 0 Å². The van der Waals surface area contributed by atoms with Gasteiger partial charge in [-0.15, -0.1) is 0 Å². The van der Waals surface area contributed by atoms with E-state index in [0.29, 0.717) is 38.6 Å². The topological polar surface area (TPSA) is 104 Å². The monoisotopic (exact) mass is 346 g/mol. The molecule has 2 rings (SSSR count). The van der Waals surface area contributed by atoms with E-state index in [4.69, 9.17) is 5.11 Å². The molecule has 132 valence electrons. The largest absolute Gasteiger partial charge is 0.481 e. The summed E-state index contributed by atoms with van der Waals surface area (Å²) in [5.41, 5.74) is 0. The second kappa shape index (κ2) is 7.17. The molecule has 0 spiro atoms. The minimum absolute atomic E-state index is 0.0651. The second-order valence-electron chi connectivity index (χ2n) is 6.86. The van der Waals surface area contributed by atoms with Crippen LogP contribution in [0.2, 0.25) is 0 Å². The number of carbonyl (C=O) groups excluding carboxylic acids is 1. The van der Waals surface area contributed by atoms with Gasteiger partial charge in [0.15, 0.2) is 0 Å². The third-order valence-corrected chi connectivity index (χ3v) is 6.70. The number of nitrogens with one attached hydrogen (secondary N) is 1. The van der Waals surface area contributed by atoms with E-state index in [1.54, 1.807) is 0 Å². The van der Waals surface area contributed by atoms with Crippen molar-refractivity contribution >= 4 is 21.9 Å². The predicted octanol–water partition coefficient (Wildman–Crippen LogP) is 0.806. The van der Waals surface area contributed by atoms with Crippen LogP contribution in [0.25, 0.3) is 0 Å². The van der Waals surface area contributed by atoms with Gasteiger partial charge in [-0.1, -0.05) is 13.8 Å². The highest BCUT2D eigenvalue weighted by atomic mass is 32.2. The van der Waals surface area contributed by atoms with Crippen LogP contribution in [0.5, 0.6) is 0 Å². The highest BCUT2D eigenvalue weighted by molar-refractivity contribution is 7.89. The van der Waals surface area contributed by atoms with Gasteiger partial charge in [0.1, 0.15) is 6.04 Å². The van der Waals surface area contributed by atoms with E-state index in [2.05, 4.69) is 5.32 Å². The number of carboxylic acid groups (broad SMARTS) is 1. The van der Waals surface area contributed by atoms with Crippen LogP contribution in [0.4, 0.5) is 0 Å². The van der Waals surface area contributed by atoms with Crippen molar-refractivity contribution in [2.45, 2.75) is 58.0 Å². The Kier molecular flexibility index (Phi) is 5.67. The van der Waals surface area contributed by atoms with E-state index >= 15 is 0 Å². The van der Waals surface area contributed by atoms with Gasteiger partial charge in [0.25, 0.3) is 0 Å². The minimum Gasteiger partial charge on any atom is -0.481 e. The second-order valence-corrected chi connectivity index (χ2v) is 8.91. The average molecular weight is 346 g/mol. The zero-order valence-corrected chi connectivity index (χ0v) is 14.5. The van der Waals surface area contributed by atoms with Gasteiger partial charge in [0, 0.05) is 12.6 Å². The molecule has 1 saturated carbocycles. The lowest BCUT2D eigenvalue weighted by molar-refractivity contribution is -0.142. The fourth-order valence-corrected chi connectivity index (χ4v) is 5.33. The van der Waals surface area contributed by atoms with Crippen LogP contribution in [-0.4, -0.2) is 54.1 Å². The Bertz CT molecular complexity index is 552. The van der Waals surface area contributed by atoms with Crippen LogP contribution in [0.1, 0.15) is 46.0 Å². The fourth-order valence-electron chi connectivity index (χ4n) is 3.51. The van der Waals surface area contributed by atoms with Crippen LogP contribution in [0, 0.1) is 11.8 Å². The Morgan fingerprint density at radius 3 is 2.22 bits per heavy atom. The van der Waals surface area contributed by atoms with E-state index < -0.39 is 22.0 Å². The third-order valence-electron chi connectivity index (χ3n) is 4.77. The maximum absolute atomic E-state index is 12.6. The predicted molar refractivity (Wildman–Crippen MR) is 85.3 cm³/mol. The number of nitrogens with zero attached hydrogens (tertiary/aromatic N) is 1. The molecule has 7 nitrogen and oxygen atoms in total. The lowest BCUT2D eigenvalue weighted by Gasteiger charge is -2.32. The minimum atomic E-state index is -3.34.